The standard InChI is InChI=1S/C22H18F3NO3/c1-13-16(14-5-3-6-15(23)11-14)7-4-8-18(13)26(2)22-17(24)9-10-19(21(22)25)29-12-20(27)28/h3-11H,12H2,1-2H3,(H,27,28). The number of hydrogen-bond donors (Lipinski definition) is 1. The number of halogens is 3. The van der Waals surface area contributed by atoms with E-state index < -0.39 is 24.2 Å². The number of nitrogens with zero attached hydrogens (tertiary/aromatic N) is 1. The molecule has 3 rings (SSSR count). The lowest BCUT2D eigenvalue weighted by atomic mass is 9.98. The highest BCUT2D eigenvalue weighted by molar-refractivity contribution is 5.78. The molecule has 0 atom stereocenters. The van der Waals surface area contributed by atoms with Gasteiger partial charge in [-0.3, -0.25) is 0 Å². The van der Waals surface area contributed by atoms with Crippen molar-refractivity contribution in [3.05, 3.63) is 77.6 Å². The van der Waals surface area contributed by atoms with Gasteiger partial charge in [-0.1, -0.05) is 24.3 Å². The molecule has 3 aromatic rings. The lowest BCUT2D eigenvalue weighted by molar-refractivity contribution is -0.139. The zero-order chi connectivity index (χ0) is 21.1. The van der Waals surface area contributed by atoms with Gasteiger partial charge in [0.1, 0.15) is 17.3 Å². The number of rotatable bonds is 6. The van der Waals surface area contributed by atoms with Crippen molar-refractivity contribution < 1.29 is 27.8 Å². The van der Waals surface area contributed by atoms with E-state index in [2.05, 4.69) is 0 Å². The number of carbonyl (C=O) groups is 1. The van der Waals surface area contributed by atoms with Gasteiger partial charge in [-0.15, -0.1) is 0 Å². The number of carboxylic acids is 1. The summed E-state index contributed by atoms with van der Waals surface area (Å²) in [6.45, 7) is 1.02. The third-order valence-electron chi connectivity index (χ3n) is 4.52. The minimum absolute atomic E-state index is 0.366. The molecular weight excluding hydrogens is 383 g/mol. The Balaban J connectivity index is 2.05. The van der Waals surface area contributed by atoms with Gasteiger partial charge in [0.2, 0.25) is 0 Å². The quantitative estimate of drug-likeness (QED) is 0.608. The third-order valence-corrected chi connectivity index (χ3v) is 4.52. The summed E-state index contributed by atoms with van der Waals surface area (Å²) in [5.41, 5.74) is 2.16. The monoisotopic (exact) mass is 401 g/mol. The van der Waals surface area contributed by atoms with Crippen LogP contribution in [-0.4, -0.2) is 24.7 Å². The molecule has 0 heterocycles. The largest absolute Gasteiger partial charge is 0.479 e. The van der Waals surface area contributed by atoms with Gasteiger partial charge >= 0.3 is 5.97 Å². The van der Waals surface area contributed by atoms with Crippen LogP contribution >= 0.6 is 0 Å². The van der Waals surface area contributed by atoms with E-state index in [1.807, 2.05) is 0 Å². The first kappa shape index (κ1) is 20.3. The highest BCUT2D eigenvalue weighted by Gasteiger charge is 2.22. The molecule has 0 unspecified atom stereocenters. The average molecular weight is 401 g/mol. The van der Waals surface area contributed by atoms with E-state index in [1.165, 1.54) is 24.1 Å². The van der Waals surface area contributed by atoms with Crippen molar-refractivity contribution in [2.45, 2.75) is 6.92 Å². The minimum Gasteiger partial charge on any atom is -0.479 e. The Bertz CT molecular complexity index is 1070. The second-order valence-corrected chi connectivity index (χ2v) is 6.41. The molecule has 0 aliphatic carbocycles. The average Bonchev–Trinajstić information content (AvgIpc) is 2.67. The van der Waals surface area contributed by atoms with Crippen molar-refractivity contribution in [1.29, 1.82) is 0 Å². The summed E-state index contributed by atoms with van der Waals surface area (Å²) in [5, 5.41) is 8.71. The Kier molecular flexibility index (Phi) is 5.77. The summed E-state index contributed by atoms with van der Waals surface area (Å²) in [7, 11) is 1.49. The maximum absolute atomic E-state index is 14.9. The fraction of sp³-hybridized carbons (Fsp3) is 0.136. The third kappa shape index (κ3) is 4.18. The number of benzene rings is 3. The van der Waals surface area contributed by atoms with Gasteiger partial charge in [0.15, 0.2) is 18.2 Å². The van der Waals surface area contributed by atoms with Gasteiger partial charge in [-0.2, -0.15) is 0 Å². The lowest BCUT2D eigenvalue weighted by Crippen LogP contribution is -2.16. The van der Waals surface area contributed by atoms with E-state index in [4.69, 9.17) is 9.84 Å². The molecule has 0 radical (unpaired) electrons. The van der Waals surface area contributed by atoms with E-state index in [1.54, 1.807) is 37.3 Å². The molecule has 3 aromatic carbocycles. The summed E-state index contributed by atoms with van der Waals surface area (Å²) in [6.07, 6.45) is 0. The Labute approximate surface area is 165 Å². The molecule has 1 N–H and O–H groups in total. The normalized spacial score (nSPS) is 10.7. The zero-order valence-corrected chi connectivity index (χ0v) is 15.7. The first-order valence-electron chi connectivity index (χ1n) is 8.71. The van der Waals surface area contributed by atoms with Crippen LogP contribution in [0.25, 0.3) is 11.1 Å². The van der Waals surface area contributed by atoms with Gasteiger partial charge in [0, 0.05) is 12.7 Å². The smallest absolute Gasteiger partial charge is 0.341 e. The number of hydrogen-bond acceptors (Lipinski definition) is 3. The van der Waals surface area contributed by atoms with Crippen LogP contribution in [0, 0.1) is 24.4 Å². The first-order valence-corrected chi connectivity index (χ1v) is 8.71. The van der Waals surface area contributed by atoms with E-state index >= 15 is 0 Å². The minimum atomic E-state index is -1.28. The van der Waals surface area contributed by atoms with Crippen LogP contribution in [0.15, 0.2) is 54.6 Å². The highest BCUT2D eigenvalue weighted by Crippen LogP contribution is 2.38. The lowest BCUT2D eigenvalue weighted by Gasteiger charge is -2.25. The van der Waals surface area contributed by atoms with Crippen molar-refractivity contribution in [3.8, 4) is 16.9 Å². The summed E-state index contributed by atoms with van der Waals surface area (Å²) in [4.78, 5) is 12.0. The van der Waals surface area contributed by atoms with Crippen molar-refractivity contribution >= 4 is 17.3 Å². The van der Waals surface area contributed by atoms with E-state index in [9.17, 15) is 18.0 Å². The van der Waals surface area contributed by atoms with Crippen LogP contribution < -0.4 is 9.64 Å². The topological polar surface area (TPSA) is 49.8 Å². The molecule has 7 heteroatoms. The summed E-state index contributed by atoms with van der Waals surface area (Å²) in [6, 6.07) is 13.3. The summed E-state index contributed by atoms with van der Waals surface area (Å²) in [5.74, 6) is -3.87. The van der Waals surface area contributed by atoms with Crippen LogP contribution in [0.2, 0.25) is 0 Å². The van der Waals surface area contributed by atoms with Crippen molar-refractivity contribution in [2.24, 2.45) is 0 Å². The zero-order valence-electron chi connectivity index (χ0n) is 15.7. The van der Waals surface area contributed by atoms with Crippen LogP contribution in [0.4, 0.5) is 24.5 Å². The van der Waals surface area contributed by atoms with E-state index in [0.29, 0.717) is 22.4 Å². The molecule has 0 aliphatic heterocycles. The van der Waals surface area contributed by atoms with Crippen LogP contribution in [-0.2, 0) is 4.79 Å². The van der Waals surface area contributed by atoms with Gasteiger partial charge in [-0.25, -0.2) is 18.0 Å². The van der Waals surface area contributed by atoms with Gasteiger partial charge in [0.25, 0.3) is 0 Å². The number of ether oxygens (including phenoxy) is 1. The molecule has 0 fully saturated rings. The van der Waals surface area contributed by atoms with Crippen molar-refractivity contribution in [1.82, 2.24) is 0 Å². The van der Waals surface area contributed by atoms with E-state index in [0.717, 1.165) is 12.1 Å². The van der Waals surface area contributed by atoms with Crippen molar-refractivity contribution in [2.75, 3.05) is 18.6 Å². The van der Waals surface area contributed by atoms with Gasteiger partial charge in [-0.05, 0) is 53.9 Å². The van der Waals surface area contributed by atoms with Crippen LogP contribution in [0.3, 0.4) is 0 Å². The second-order valence-electron chi connectivity index (χ2n) is 6.41. The van der Waals surface area contributed by atoms with Crippen molar-refractivity contribution in [3.63, 3.8) is 0 Å². The SMILES string of the molecule is Cc1c(-c2cccc(F)c2)cccc1N(C)c1c(F)ccc(OCC(=O)O)c1F. The molecule has 0 spiro atoms. The number of carboxylic acid groups (broad SMARTS) is 1. The molecular formula is C22H18F3NO3. The second kappa shape index (κ2) is 8.26. The molecule has 0 saturated heterocycles. The fourth-order valence-corrected chi connectivity index (χ4v) is 3.16. The fourth-order valence-electron chi connectivity index (χ4n) is 3.16. The summed E-state index contributed by atoms with van der Waals surface area (Å²) < 4.78 is 47.9. The molecule has 0 saturated carbocycles. The van der Waals surface area contributed by atoms with E-state index in [-0.39, 0.29) is 17.3 Å². The Morgan fingerprint density at radius 3 is 2.48 bits per heavy atom. The number of anilines is 2. The predicted octanol–water partition coefficient (Wildman–Crippen LogP) is 5.31. The highest BCUT2D eigenvalue weighted by atomic mass is 19.1. The molecule has 0 aliphatic rings. The van der Waals surface area contributed by atoms with Gasteiger partial charge < -0.3 is 14.7 Å². The molecule has 0 amide bonds. The summed E-state index contributed by atoms with van der Waals surface area (Å²) >= 11 is 0. The molecule has 29 heavy (non-hydrogen) atoms. The molecule has 150 valence electrons. The van der Waals surface area contributed by atoms with Crippen LogP contribution in [0.5, 0.6) is 5.75 Å². The molecule has 0 aromatic heterocycles. The Morgan fingerprint density at radius 2 is 1.79 bits per heavy atom. The Morgan fingerprint density at radius 1 is 1.07 bits per heavy atom. The molecule has 0 bridgehead atoms. The predicted molar refractivity (Wildman–Crippen MR) is 104 cm³/mol. The first-order chi connectivity index (χ1) is 13.8. The number of aliphatic carboxylic acids is 1. The maximum Gasteiger partial charge on any atom is 0.341 e. The van der Waals surface area contributed by atoms with Crippen LogP contribution in [0.1, 0.15) is 5.56 Å². The Hall–Kier alpha value is -3.48. The molecule has 4 nitrogen and oxygen atoms in total. The van der Waals surface area contributed by atoms with Gasteiger partial charge in [0.05, 0.1) is 0 Å². The maximum atomic E-state index is 14.9.